The topological polar surface area (TPSA) is 118 Å². The van der Waals surface area contributed by atoms with Gasteiger partial charge in [-0.15, -0.1) is 21.5 Å². The van der Waals surface area contributed by atoms with Gasteiger partial charge in [0.15, 0.2) is 0 Å². The summed E-state index contributed by atoms with van der Waals surface area (Å²) >= 11 is 1.34. The zero-order valence-electron chi connectivity index (χ0n) is 17.2. The third kappa shape index (κ3) is 5.36. The summed E-state index contributed by atoms with van der Waals surface area (Å²) in [5.74, 6) is -0.429. The maximum atomic E-state index is 12.6. The van der Waals surface area contributed by atoms with Crippen LogP contribution in [0.2, 0.25) is 0 Å². The first-order chi connectivity index (χ1) is 15.6. The molecule has 2 aromatic heterocycles. The fourth-order valence-electron chi connectivity index (χ4n) is 3.43. The Balaban J connectivity index is 1.51. The van der Waals surface area contributed by atoms with Crippen molar-refractivity contribution < 1.29 is 19.1 Å². The van der Waals surface area contributed by atoms with Crippen molar-refractivity contribution in [1.82, 2.24) is 20.5 Å². The molecule has 4 rings (SSSR count). The number of nitrogens with zero attached hydrogens (tertiary/aromatic N) is 3. The van der Waals surface area contributed by atoms with Crippen LogP contribution in [0, 0.1) is 0 Å². The highest BCUT2D eigenvalue weighted by Crippen LogP contribution is 2.27. The number of carboxylic acid groups (broad SMARTS) is 1. The first kappa shape index (κ1) is 21.6. The van der Waals surface area contributed by atoms with Gasteiger partial charge in [-0.05, 0) is 35.7 Å². The van der Waals surface area contributed by atoms with Crippen molar-refractivity contribution in [3.05, 3.63) is 64.9 Å². The molecule has 0 aliphatic heterocycles. The van der Waals surface area contributed by atoms with Crippen LogP contribution in [0.4, 0.5) is 0 Å². The second-order valence-corrected chi connectivity index (χ2v) is 8.12. The van der Waals surface area contributed by atoms with E-state index in [0.29, 0.717) is 36.7 Å². The van der Waals surface area contributed by atoms with E-state index in [9.17, 15) is 9.59 Å². The monoisotopic (exact) mass is 450 g/mol. The van der Waals surface area contributed by atoms with Gasteiger partial charge in [0.1, 0.15) is 11.7 Å². The summed E-state index contributed by atoms with van der Waals surface area (Å²) in [5.41, 5.74) is 2.73. The van der Waals surface area contributed by atoms with Crippen LogP contribution >= 0.6 is 11.3 Å². The molecule has 0 aliphatic carbocycles. The maximum Gasteiger partial charge on any atom is 0.303 e. The third-order valence-corrected chi connectivity index (χ3v) is 5.68. The Bertz CT molecular complexity index is 1210. The normalized spacial score (nSPS) is 12.0. The Morgan fingerprint density at radius 1 is 1.06 bits per heavy atom. The number of carboxylic acids is 1. The number of unbranched alkanes of at least 4 members (excludes halogenated alkanes) is 2. The van der Waals surface area contributed by atoms with E-state index in [-0.39, 0.29) is 12.3 Å². The summed E-state index contributed by atoms with van der Waals surface area (Å²) in [6.07, 6.45) is 2.69. The van der Waals surface area contributed by atoms with Gasteiger partial charge < -0.3 is 14.8 Å². The van der Waals surface area contributed by atoms with E-state index in [1.165, 1.54) is 11.3 Å². The van der Waals surface area contributed by atoms with Crippen molar-refractivity contribution in [2.75, 3.05) is 0 Å². The first-order valence-electron chi connectivity index (χ1n) is 10.3. The smallest absolute Gasteiger partial charge is 0.303 e. The van der Waals surface area contributed by atoms with Gasteiger partial charge in [-0.3, -0.25) is 9.59 Å². The van der Waals surface area contributed by atoms with E-state index >= 15 is 0 Å². The fourth-order valence-corrected chi connectivity index (χ4v) is 3.96. The van der Waals surface area contributed by atoms with Crippen molar-refractivity contribution in [2.45, 2.75) is 38.1 Å². The number of carbonyl (C=O) groups excluding carboxylic acids is 1. The lowest BCUT2D eigenvalue weighted by Gasteiger charge is -2.14. The first-order valence-corrected chi connectivity index (χ1v) is 11.3. The number of hydrogen-bond acceptors (Lipinski definition) is 7. The zero-order chi connectivity index (χ0) is 22.3. The highest BCUT2D eigenvalue weighted by Gasteiger charge is 2.23. The van der Waals surface area contributed by atoms with Gasteiger partial charge in [-0.2, -0.15) is 0 Å². The second-order valence-electron chi connectivity index (χ2n) is 7.40. The van der Waals surface area contributed by atoms with Gasteiger partial charge in [-0.25, -0.2) is 4.98 Å². The molecule has 0 radical (unpaired) electrons. The Hall–Kier alpha value is -3.59. The average Bonchev–Trinajstić information content (AvgIpc) is 3.50. The van der Waals surface area contributed by atoms with E-state index in [0.717, 1.165) is 22.8 Å². The van der Waals surface area contributed by atoms with Gasteiger partial charge in [0.2, 0.25) is 11.8 Å². The molecule has 0 saturated carbocycles. The molecule has 4 aromatic rings. The van der Waals surface area contributed by atoms with Crippen molar-refractivity contribution >= 4 is 34.0 Å². The summed E-state index contributed by atoms with van der Waals surface area (Å²) in [4.78, 5) is 27.3. The standard InChI is InChI=1S/C23H22N4O4S/c28-20(29)9-3-1-2-8-18(25-21(30)19-13-32-14-24-19)23-27-26-22(31-23)17-11-10-15-6-4-5-7-16(15)12-17/h4-7,10-14,18H,1-3,8-9H2,(H,25,30)(H,28,29)/t18-/m0/s1. The largest absolute Gasteiger partial charge is 0.481 e. The van der Waals surface area contributed by atoms with Gasteiger partial charge in [0, 0.05) is 17.4 Å². The summed E-state index contributed by atoms with van der Waals surface area (Å²) in [5, 5.41) is 24.0. The van der Waals surface area contributed by atoms with Crippen LogP contribution in [-0.2, 0) is 4.79 Å². The molecule has 0 spiro atoms. The molecular formula is C23H22N4O4S. The van der Waals surface area contributed by atoms with E-state index < -0.39 is 12.0 Å². The molecule has 0 unspecified atom stereocenters. The molecule has 1 amide bonds. The van der Waals surface area contributed by atoms with Gasteiger partial charge in [0.05, 0.1) is 5.51 Å². The second kappa shape index (κ2) is 10.1. The number of rotatable bonds is 10. The number of amides is 1. The van der Waals surface area contributed by atoms with Crippen molar-refractivity contribution in [3.8, 4) is 11.5 Å². The molecule has 0 aliphatic rings. The number of aliphatic carboxylic acids is 1. The summed E-state index contributed by atoms with van der Waals surface area (Å²) in [6, 6.07) is 13.4. The molecule has 1 atom stereocenters. The molecule has 8 nitrogen and oxygen atoms in total. The molecule has 0 bridgehead atoms. The van der Waals surface area contributed by atoms with E-state index in [1.54, 1.807) is 10.9 Å². The van der Waals surface area contributed by atoms with Crippen LogP contribution in [0.3, 0.4) is 0 Å². The number of fused-ring (bicyclic) bond motifs is 1. The van der Waals surface area contributed by atoms with Crippen LogP contribution in [0.25, 0.3) is 22.2 Å². The fraction of sp³-hybridized carbons (Fsp3) is 0.261. The van der Waals surface area contributed by atoms with Crippen LogP contribution in [-0.4, -0.2) is 32.2 Å². The summed E-state index contributed by atoms with van der Waals surface area (Å²) in [6.45, 7) is 0. The number of benzene rings is 2. The van der Waals surface area contributed by atoms with E-state index in [4.69, 9.17) is 9.52 Å². The van der Waals surface area contributed by atoms with E-state index in [1.807, 2.05) is 42.5 Å². The van der Waals surface area contributed by atoms with Gasteiger partial charge in [-0.1, -0.05) is 43.2 Å². The van der Waals surface area contributed by atoms with Crippen LogP contribution in [0.15, 0.2) is 57.8 Å². The SMILES string of the molecule is O=C(O)CCCCC[C@H](NC(=O)c1cscn1)c1nnc(-c2ccc3ccccc3c2)o1. The Kier molecular flexibility index (Phi) is 6.86. The molecule has 32 heavy (non-hydrogen) atoms. The van der Waals surface area contributed by atoms with Crippen LogP contribution in [0.1, 0.15) is 54.5 Å². The maximum absolute atomic E-state index is 12.6. The Labute approximate surface area is 188 Å². The molecular weight excluding hydrogens is 428 g/mol. The highest BCUT2D eigenvalue weighted by atomic mass is 32.1. The minimum Gasteiger partial charge on any atom is -0.481 e. The van der Waals surface area contributed by atoms with Crippen molar-refractivity contribution in [2.24, 2.45) is 0 Å². The molecule has 2 N–H and O–H groups in total. The Morgan fingerprint density at radius 2 is 1.91 bits per heavy atom. The molecule has 9 heteroatoms. The number of aromatic nitrogens is 3. The zero-order valence-corrected chi connectivity index (χ0v) is 18.0. The number of hydrogen-bond donors (Lipinski definition) is 2. The number of thiazole rings is 1. The quantitative estimate of drug-likeness (QED) is 0.331. The van der Waals surface area contributed by atoms with Crippen molar-refractivity contribution in [1.29, 1.82) is 0 Å². The predicted octanol–water partition coefficient (Wildman–Crippen LogP) is 4.85. The van der Waals surface area contributed by atoms with Crippen LogP contribution < -0.4 is 5.32 Å². The number of nitrogens with one attached hydrogen (secondary N) is 1. The minimum atomic E-state index is -0.810. The molecule has 0 saturated heterocycles. The third-order valence-electron chi connectivity index (χ3n) is 5.09. The Morgan fingerprint density at radius 3 is 2.69 bits per heavy atom. The summed E-state index contributed by atoms with van der Waals surface area (Å²) in [7, 11) is 0. The van der Waals surface area contributed by atoms with Gasteiger partial charge in [0.25, 0.3) is 5.91 Å². The minimum absolute atomic E-state index is 0.127. The lowest BCUT2D eigenvalue weighted by Crippen LogP contribution is -2.29. The molecule has 0 fully saturated rings. The van der Waals surface area contributed by atoms with Gasteiger partial charge >= 0.3 is 5.97 Å². The lowest BCUT2D eigenvalue weighted by molar-refractivity contribution is -0.137. The molecule has 2 aromatic carbocycles. The molecule has 2 heterocycles. The van der Waals surface area contributed by atoms with E-state index in [2.05, 4.69) is 20.5 Å². The molecule has 164 valence electrons. The van der Waals surface area contributed by atoms with Crippen molar-refractivity contribution in [3.63, 3.8) is 0 Å². The lowest BCUT2D eigenvalue weighted by atomic mass is 10.1. The predicted molar refractivity (Wildman–Crippen MR) is 120 cm³/mol. The average molecular weight is 451 g/mol. The summed E-state index contributed by atoms with van der Waals surface area (Å²) < 4.78 is 5.95. The number of carbonyl (C=O) groups is 2. The van der Waals surface area contributed by atoms with Crippen LogP contribution in [0.5, 0.6) is 0 Å². The highest BCUT2D eigenvalue weighted by molar-refractivity contribution is 7.07.